The Morgan fingerprint density at radius 3 is 2.57 bits per heavy atom. The van der Waals surface area contributed by atoms with Gasteiger partial charge in [-0.2, -0.15) is 0 Å². The zero-order valence-corrected chi connectivity index (χ0v) is 8.79. The van der Waals surface area contributed by atoms with Crippen molar-refractivity contribution in [3.8, 4) is 0 Å². The fourth-order valence-corrected chi connectivity index (χ4v) is 3.26. The minimum atomic E-state index is 0.0441. The van der Waals surface area contributed by atoms with Crippen LogP contribution in [0, 0.1) is 0 Å². The Kier molecular flexibility index (Phi) is 2.11. The van der Waals surface area contributed by atoms with Crippen LogP contribution >= 0.6 is 11.8 Å². The van der Waals surface area contributed by atoms with Gasteiger partial charge < -0.3 is 0 Å². The summed E-state index contributed by atoms with van der Waals surface area (Å²) < 4.78 is 0. The molecule has 4 aliphatic heterocycles. The van der Waals surface area contributed by atoms with E-state index in [-0.39, 0.29) is 5.91 Å². The molecule has 3 saturated heterocycles. The number of piperazine rings is 3. The van der Waals surface area contributed by atoms with Gasteiger partial charge in [-0.25, -0.2) is 4.99 Å². The lowest BCUT2D eigenvalue weighted by atomic mass is 10.1. The van der Waals surface area contributed by atoms with Gasteiger partial charge in [0.25, 0.3) is 5.91 Å². The largest absolute Gasteiger partial charge is 0.299 e. The zero-order valence-electron chi connectivity index (χ0n) is 7.98. The monoisotopic (exact) mass is 211 g/mol. The maximum Gasteiger partial charge on any atom is 0.256 e. The Morgan fingerprint density at radius 2 is 2.07 bits per heavy atom. The van der Waals surface area contributed by atoms with Crippen LogP contribution in [0.2, 0.25) is 0 Å². The summed E-state index contributed by atoms with van der Waals surface area (Å²) >= 11 is 1.63. The first kappa shape index (κ1) is 8.88. The average molecular weight is 211 g/mol. The van der Waals surface area contributed by atoms with Gasteiger partial charge in [0, 0.05) is 32.7 Å². The standard InChI is InChI=1S/C9H13N3OS/c13-8-6-14-9(10-8)7-5-11-1-3-12(7)4-2-11/h7H,1-6H2. The van der Waals surface area contributed by atoms with Crippen molar-refractivity contribution in [2.45, 2.75) is 6.04 Å². The van der Waals surface area contributed by atoms with Gasteiger partial charge in [0.05, 0.1) is 16.8 Å². The van der Waals surface area contributed by atoms with Crippen LogP contribution in [0.5, 0.6) is 0 Å². The van der Waals surface area contributed by atoms with Crippen LogP contribution in [-0.4, -0.2) is 65.3 Å². The molecule has 2 bridgehead atoms. The Labute approximate surface area is 87.3 Å². The molecule has 4 heterocycles. The molecule has 4 nitrogen and oxygen atoms in total. The van der Waals surface area contributed by atoms with Gasteiger partial charge in [-0.15, -0.1) is 0 Å². The molecule has 0 aromatic rings. The van der Waals surface area contributed by atoms with Gasteiger partial charge in [0.15, 0.2) is 0 Å². The van der Waals surface area contributed by atoms with E-state index in [1.807, 2.05) is 0 Å². The highest BCUT2D eigenvalue weighted by Crippen LogP contribution is 2.24. The summed E-state index contributed by atoms with van der Waals surface area (Å²) in [6.07, 6.45) is 0. The highest BCUT2D eigenvalue weighted by Gasteiger charge is 2.36. The van der Waals surface area contributed by atoms with Crippen molar-refractivity contribution in [2.24, 2.45) is 4.99 Å². The first-order valence-electron chi connectivity index (χ1n) is 5.03. The second-order valence-electron chi connectivity index (χ2n) is 3.98. The van der Waals surface area contributed by atoms with E-state index in [0.29, 0.717) is 11.8 Å². The quantitative estimate of drug-likeness (QED) is 0.594. The van der Waals surface area contributed by atoms with Crippen molar-refractivity contribution < 1.29 is 4.79 Å². The van der Waals surface area contributed by atoms with Crippen molar-refractivity contribution in [3.63, 3.8) is 0 Å². The normalized spacial score (nSPS) is 41.6. The van der Waals surface area contributed by atoms with E-state index >= 15 is 0 Å². The Balaban J connectivity index is 1.79. The lowest BCUT2D eigenvalue weighted by Crippen LogP contribution is -2.62. The van der Waals surface area contributed by atoms with Crippen LogP contribution in [0.1, 0.15) is 0 Å². The number of nitrogens with zero attached hydrogens (tertiary/aromatic N) is 3. The zero-order chi connectivity index (χ0) is 9.54. The second kappa shape index (κ2) is 3.32. The van der Waals surface area contributed by atoms with Crippen LogP contribution in [0.4, 0.5) is 0 Å². The number of aliphatic imine (C=N–C) groups is 1. The maximum atomic E-state index is 11.1. The highest BCUT2D eigenvalue weighted by molar-refractivity contribution is 8.15. The summed E-state index contributed by atoms with van der Waals surface area (Å²) in [4.78, 5) is 20.1. The van der Waals surface area contributed by atoms with Crippen LogP contribution in [0.15, 0.2) is 4.99 Å². The molecule has 0 radical (unpaired) electrons. The second-order valence-corrected chi connectivity index (χ2v) is 4.98. The van der Waals surface area contributed by atoms with Crippen LogP contribution < -0.4 is 0 Å². The van der Waals surface area contributed by atoms with Crippen molar-refractivity contribution >= 4 is 22.7 Å². The molecule has 76 valence electrons. The van der Waals surface area contributed by atoms with Crippen molar-refractivity contribution in [1.29, 1.82) is 0 Å². The summed E-state index contributed by atoms with van der Waals surface area (Å²) in [5.41, 5.74) is 0. The van der Waals surface area contributed by atoms with Gasteiger partial charge >= 0.3 is 0 Å². The fraction of sp³-hybridized carbons (Fsp3) is 0.778. The SMILES string of the molecule is O=C1CSC(C2CN3CCN2CC3)=N1. The summed E-state index contributed by atoms with van der Waals surface area (Å²) in [6.45, 7) is 5.71. The van der Waals surface area contributed by atoms with E-state index in [1.54, 1.807) is 11.8 Å². The number of carbonyl (C=O) groups excluding carboxylic acids is 1. The minimum Gasteiger partial charge on any atom is -0.299 e. The number of amides is 1. The third-order valence-corrected chi connectivity index (χ3v) is 4.19. The number of rotatable bonds is 1. The van der Waals surface area contributed by atoms with Crippen LogP contribution in [-0.2, 0) is 4.79 Å². The number of fused-ring (bicyclic) bond motifs is 3. The number of hydrogen-bond donors (Lipinski definition) is 0. The molecule has 0 aromatic carbocycles. The van der Waals surface area contributed by atoms with Crippen molar-refractivity contribution in [3.05, 3.63) is 0 Å². The topological polar surface area (TPSA) is 35.9 Å². The summed E-state index contributed by atoms with van der Waals surface area (Å²) in [5.74, 6) is 0.599. The van der Waals surface area contributed by atoms with Crippen molar-refractivity contribution in [2.75, 3.05) is 38.5 Å². The van der Waals surface area contributed by atoms with Gasteiger partial charge in [0.2, 0.25) is 0 Å². The predicted molar refractivity (Wildman–Crippen MR) is 56.7 cm³/mol. The third-order valence-electron chi connectivity index (χ3n) is 3.14. The van der Waals surface area contributed by atoms with Gasteiger partial charge in [-0.1, -0.05) is 11.8 Å². The fourth-order valence-electron chi connectivity index (χ4n) is 2.35. The molecular weight excluding hydrogens is 198 g/mol. The Bertz CT molecular complexity index is 296. The van der Waals surface area contributed by atoms with Gasteiger partial charge in [0.1, 0.15) is 0 Å². The third kappa shape index (κ3) is 1.39. The molecule has 0 aromatic heterocycles. The van der Waals surface area contributed by atoms with E-state index in [4.69, 9.17) is 0 Å². The highest BCUT2D eigenvalue weighted by atomic mass is 32.2. The summed E-state index contributed by atoms with van der Waals surface area (Å²) in [5, 5.41) is 1.06. The minimum absolute atomic E-state index is 0.0441. The van der Waals surface area contributed by atoms with E-state index in [2.05, 4.69) is 14.8 Å². The number of hydrogen-bond acceptors (Lipinski definition) is 4. The van der Waals surface area contributed by atoms with E-state index in [0.717, 1.165) is 24.7 Å². The molecular formula is C9H13N3OS. The van der Waals surface area contributed by atoms with Crippen LogP contribution in [0.3, 0.4) is 0 Å². The molecule has 1 amide bonds. The smallest absolute Gasteiger partial charge is 0.256 e. The summed E-state index contributed by atoms with van der Waals surface area (Å²) in [6, 6.07) is 0.411. The molecule has 14 heavy (non-hydrogen) atoms. The summed E-state index contributed by atoms with van der Waals surface area (Å²) in [7, 11) is 0. The Hall–Kier alpha value is -0.390. The molecule has 3 fully saturated rings. The van der Waals surface area contributed by atoms with E-state index in [9.17, 15) is 4.79 Å². The van der Waals surface area contributed by atoms with Gasteiger partial charge in [-0.3, -0.25) is 14.6 Å². The van der Waals surface area contributed by atoms with Crippen molar-refractivity contribution in [1.82, 2.24) is 9.80 Å². The molecule has 1 atom stereocenters. The Morgan fingerprint density at radius 1 is 1.29 bits per heavy atom. The molecule has 4 aliphatic rings. The molecule has 0 N–H and O–H groups in total. The average Bonchev–Trinajstić information content (AvgIpc) is 2.66. The van der Waals surface area contributed by atoms with Gasteiger partial charge in [-0.05, 0) is 0 Å². The number of carbonyl (C=O) groups is 1. The molecule has 5 heteroatoms. The molecule has 0 aliphatic carbocycles. The lowest BCUT2D eigenvalue weighted by Gasteiger charge is -2.47. The molecule has 4 rings (SSSR count). The first-order chi connectivity index (χ1) is 6.83. The lowest BCUT2D eigenvalue weighted by molar-refractivity contribution is -0.115. The van der Waals surface area contributed by atoms with E-state index < -0.39 is 0 Å². The maximum absolute atomic E-state index is 11.1. The molecule has 0 saturated carbocycles. The molecule has 0 spiro atoms. The predicted octanol–water partition coefficient (Wildman–Crippen LogP) is -0.342. The van der Waals surface area contributed by atoms with E-state index in [1.165, 1.54) is 13.1 Å². The number of thioether (sulfide) groups is 1. The molecule has 1 unspecified atom stereocenters. The first-order valence-corrected chi connectivity index (χ1v) is 6.02. The van der Waals surface area contributed by atoms with Crippen LogP contribution in [0.25, 0.3) is 0 Å².